The van der Waals surface area contributed by atoms with Gasteiger partial charge in [-0.1, -0.05) is 30.3 Å². The predicted octanol–water partition coefficient (Wildman–Crippen LogP) is 1.18. The number of piperidine rings is 1. The van der Waals surface area contributed by atoms with Crippen molar-refractivity contribution in [1.29, 1.82) is 0 Å². The molecule has 102 valence electrons. The fourth-order valence-electron chi connectivity index (χ4n) is 2.22. The van der Waals surface area contributed by atoms with Crippen LogP contribution in [0.15, 0.2) is 30.3 Å². The summed E-state index contributed by atoms with van der Waals surface area (Å²) in [6.45, 7) is 1.15. The van der Waals surface area contributed by atoms with E-state index in [1.165, 1.54) is 0 Å². The van der Waals surface area contributed by atoms with Crippen molar-refractivity contribution >= 4 is 11.9 Å². The van der Waals surface area contributed by atoms with Gasteiger partial charge >= 0.3 is 11.9 Å². The van der Waals surface area contributed by atoms with Gasteiger partial charge in [0.05, 0.1) is 0 Å². The summed E-state index contributed by atoms with van der Waals surface area (Å²) in [4.78, 5) is 23.5. The Balaban J connectivity index is 2.02. The minimum Gasteiger partial charge on any atom is -0.480 e. The first-order valence-corrected chi connectivity index (χ1v) is 6.30. The largest absolute Gasteiger partial charge is 0.480 e. The number of benzene rings is 1. The number of nitrogens with one attached hydrogen (secondary N) is 1. The average Bonchev–Trinajstić information content (AvgIpc) is 2.46. The quantitative estimate of drug-likeness (QED) is 0.630. The Morgan fingerprint density at radius 1 is 1.21 bits per heavy atom. The number of hydrogen-bond donors (Lipinski definition) is 2. The van der Waals surface area contributed by atoms with E-state index in [0.29, 0.717) is 13.1 Å². The highest BCUT2D eigenvalue weighted by atomic mass is 16.5. The third kappa shape index (κ3) is 2.93. The van der Waals surface area contributed by atoms with Crippen molar-refractivity contribution < 1.29 is 19.4 Å². The van der Waals surface area contributed by atoms with Crippen LogP contribution in [0, 0.1) is 5.41 Å². The molecule has 0 amide bonds. The zero-order valence-corrected chi connectivity index (χ0v) is 10.6. The molecule has 0 aliphatic carbocycles. The normalized spacial score (nSPS) is 17.7. The third-order valence-corrected chi connectivity index (χ3v) is 3.47. The molecule has 5 heteroatoms. The summed E-state index contributed by atoms with van der Waals surface area (Å²) >= 11 is 0. The Hall–Kier alpha value is -1.88. The second-order valence-corrected chi connectivity index (χ2v) is 4.70. The van der Waals surface area contributed by atoms with E-state index in [0.717, 1.165) is 5.56 Å². The second kappa shape index (κ2) is 5.84. The molecule has 1 aromatic rings. The molecule has 0 unspecified atom stereocenters. The van der Waals surface area contributed by atoms with Gasteiger partial charge in [0.1, 0.15) is 6.61 Å². The minimum absolute atomic E-state index is 0.113. The van der Waals surface area contributed by atoms with Crippen LogP contribution in [0.4, 0.5) is 0 Å². The monoisotopic (exact) mass is 263 g/mol. The van der Waals surface area contributed by atoms with Crippen LogP contribution in [0.25, 0.3) is 0 Å². The molecular weight excluding hydrogens is 246 g/mol. The highest BCUT2D eigenvalue weighted by Crippen LogP contribution is 2.31. The van der Waals surface area contributed by atoms with Crippen molar-refractivity contribution in [3.8, 4) is 0 Å². The van der Waals surface area contributed by atoms with Crippen molar-refractivity contribution in [3.05, 3.63) is 35.9 Å². The first kappa shape index (κ1) is 13.5. The molecule has 2 N–H and O–H groups in total. The molecule has 0 saturated carbocycles. The van der Waals surface area contributed by atoms with E-state index >= 15 is 0 Å². The average molecular weight is 263 g/mol. The first-order valence-electron chi connectivity index (χ1n) is 6.30. The van der Waals surface area contributed by atoms with Crippen molar-refractivity contribution in [1.82, 2.24) is 5.32 Å². The molecular formula is C14H17NO4. The molecule has 1 heterocycles. The number of aliphatic carboxylic acids is 1. The van der Waals surface area contributed by atoms with Crippen molar-refractivity contribution in [2.24, 2.45) is 5.41 Å². The lowest BCUT2D eigenvalue weighted by molar-refractivity contribution is -0.172. The Labute approximate surface area is 111 Å². The molecule has 0 radical (unpaired) electrons. The van der Waals surface area contributed by atoms with Gasteiger partial charge in [0.25, 0.3) is 0 Å². The van der Waals surface area contributed by atoms with E-state index < -0.39 is 17.4 Å². The van der Waals surface area contributed by atoms with E-state index in [4.69, 9.17) is 4.74 Å². The molecule has 1 fully saturated rings. The standard InChI is InChI=1S/C14H17NO4/c16-12(17)14(6-8-15-9-7-14)13(18)19-10-11-4-2-1-3-5-11/h1-5,15H,6-10H2,(H,16,17). The van der Waals surface area contributed by atoms with Crippen LogP contribution in [0.5, 0.6) is 0 Å². The van der Waals surface area contributed by atoms with Crippen LogP contribution < -0.4 is 5.32 Å². The summed E-state index contributed by atoms with van der Waals surface area (Å²) in [5, 5.41) is 12.4. The molecule has 1 aliphatic rings. The van der Waals surface area contributed by atoms with Crippen LogP contribution in [-0.4, -0.2) is 30.1 Å². The van der Waals surface area contributed by atoms with Gasteiger partial charge in [-0.3, -0.25) is 9.59 Å². The summed E-state index contributed by atoms with van der Waals surface area (Å²) in [6.07, 6.45) is 0.548. The van der Waals surface area contributed by atoms with Crippen molar-refractivity contribution in [3.63, 3.8) is 0 Å². The predicted molar refractivity (Wildman–Crippen MR) is 68.4 cm³/mol. The molecule has 1 saturated heterocycles. The smallest absolute Gasteiger partial charge is 0.323 e. The Morgan fingerprint density at radius 3 is 2.42 bits per heavy atom. The maximum absolute atomic E-state index is 12.1. The molecule has 1 aliphatic heterocycles. The third-order valence-electron chi connectivity index (χ3n) is 3.47. The lowest BCUT2D eigenvalue weighted by Gasteiger charge is -2.31. The highest BCUT2D eigenvalue weighted by Gasteiger charge is 2.48. The first-order chi connectivity index (χ1) is 9.15. The Bertz CT molecular complexity index is 452. The van der Waals surface area contributed by atoms with E-state index in [9.17, 15) is 14.7 Å². The zero-order valence-electron chi connectivity index (χ0n) is 10.6. The molecule has 0 spiro atoms. The van der Waals surface area contributed by atoms with E-state index in [2.05, 4.69) is 5.32 Å². The molecule has 5 nitrogen and oxygen atoms in total. The number of carboxylic acids is 1. The van der Waals surface area contributed by atoms with Crippen LogP contribution in [0.3, 0.4) is 0 Å². The van der Waals surface area contributed by atoms with Gasteiger partial charge in [-0.05, 0) is 31.5 Å². The van der Waals surface area contributed by atoms with Crippen LogP contribution >= 0.6 is 0 Å². The maximum atomic E-state index is 12.1. The fourth-order valence-corrected chi connectivity index (χ4v) is 2.22. The molecule has 19 heavy (non-hydrogen) atoms. The molecule has 0 bridgehead atoms. The lowest BCUT2D eigenvalue weighted by Crippen LogP contribution is -2.48. The van der Waals surface area contributed by atoms with E-state index in [1.807, 2.05) is 30.3 Å². The van der Waals surface area contributed by atoms with Crippen molar-refractivity contribution in [2.75, 3.05) is 13.1 Å². The van der Waals surface area contributed by atoms with Crippen LogP contribution in [-0.2, 0) is 20.9 Å². The number of carbonyl (C=O) groups excluding carboxylic acids is 1. The van der Waals surface area contributed by atoms with Gasteiger partial charge in [0, 0.05) is 0 Å². The molecule has 0 atom stereocenters. The van der Waals surface area contributed by atoms with Gasteiger partial charge in [0.2, 0.25) is 0 Å². The lowest BCUT2D eigenvalue weighted by atomic mass is 9.79. The summed E-state index contributed by atoms with van der Waals surface area (Å²) in [6, 6.07) is 9.24. The summed E-state index contributed by atoms with van der Waals surface area (Å²) in [5.41, 5.74) is -0.537. The number of carboxylic acid groups (broad SMARTS) is 1. The van der Waals surface area contributed by atoms with Gasteiger partial charge in [-0.25, -0.2) is 0 Å². The number of ether oxygens (including phenoxy) is 1. The Kier molecular flexibility index (Phi) is 4.16. The molecule has 2 rings (SSSR count). The van der Waals surface area contributed by atoms with Gasteiger partial charge in [0.15, 0.2) is 5.41 Å². The number of rotatable bonds is 4. The number of carbonyl (C=O) groups is 2. The Morgan fingerprint density at radius 2 is 1.84 bits per heavy atom. The van der Waals surface area contributed by atoms with Crippen molar-refractivity contribution in [2.45, 2.75) is 19.4 Å². The molecule has 0 aromatic heterocycles. The van der Waals surface area contributed by atoms with Gasteiger partial charge in [-0.15, -0.1) is 0 Å². The maximum Gasteiger partial charge on any atom is 0.323 e. The summed E-state index contributed by atoms with van der Waals surface area (Å²) < 4.78 is 5.18. The van der Waals surface area contributed by atoms with E-state index in [-0.39, 0.29) is 19.4 Å². The topological polar surface area (TPSA) is 75.6 Å². The van der Waals surface area contributed by atoms with Gasteiger partial charge < -0.3 is 15.2 Å². The number of hydrogen-bond acceptors (Lipinski definition) is 4. The second-order valence-electron chi connectivity index (χ2n) is 4.70. The summed E-state index contributed by atoms with van der Waals surface area (Å²) in [7, 11) is 0. The highest BCUT2D eigenvalue weighted by molar-refractivity contribution is 5.99. The van der Waals surface area contributed by atoms with Crippen LogP contribution in [0.1, 0.15) is 18.4 Å². The SMILES string of the molecule is O=C(O)C1(C(=O)OCc2ccccc2)CCNCC1. The molecule has 1 aromatic carbocycles. The minimum atomic E-state index is -1.39. The van der Waals surface area contributed by atoms with Crippen LogP contribution in [0.2, 0.25) is 0 Å². The van der Waals surface area contributed by atoms with Gasteiger partial charge in [-0.2, -0.15) is 0 Å². The zero-order chi connectivity index (χ0) is 13.7. The summed E-state index contributed by atoms with van der Waals surface area (Å²) in [5.74, 6) is -1.72. The van der Waals surface area contributed by atoms with E-state index in [1.54, 1.807) is 0 Å². The number of esters is 1. The fraction of sp³-hybridized carbons (Fsp3) is 0.429.